The SMILES string of the molecule is Fc1cc2c(c(Cn3nnc(-c4ccccc4)n3)c1)OC(c1ccccc1)OC2. The van der Waals surface area contributed by atoms with Gasteiger partial charge in [0.2, 0.25) is 12.1 Å². The van der Waals surface area contributed by atoms with Crippen LogP contribution in [0.15, 0.2) is 72.8 Å². The van der Waals surface area contributed by atoms with Crippen LogP contribution in [-0.4, -0.2) is 20.2 Å². The van der Waals surface area contributed by atoms with E-state index in [-0.39, 0.29) is 19.0 Å². The molecule has 1 aliphatic rings. The first kappa shape index (κ1) is 17.5. The summed E-state index contributed by atoms with van der Waals surface area (Å²) < 4.78 is 26.0. The molecule has 1 aliphatic heterocycles. The normalized spacial score (nSPS) is 15.6. The zero-order chi connectivity index (χ0) is 19.6. The highest BCUT2D eigenvalue weighted by Gasteiger charge is 2.25. The van der Waals surface area contributed by atoms with E-state index in [1.165, 1.54) is 16.9 Å². The molecule has 0 saturated carbocycles. The third-order valence-electron chi connectivity index (χ3n) is 4.69. The number of aromatic nitrogens is 4. The minimum atomic E-state index is -0.545. The first-order valence-electron chi connectivity index (χ1n) is 9.24. The molecule has 1 unspecified atom stereocenters. The summed E-state index contributed by atoms with van der Waals surface area (Å²) >= 11 is 0. The quantitative estimate of drug-likeness (QED) is 0.526. The van der Waals surface area contributed by atoms with Gasteiger partial charge < -0.3 is 9.47 Å². The molecule has 0 aliphatic carbocycles. The van der Waals surface area contributed by atoms with Crippen LogP contribution in [0.1, 0.15) is 23.0 Å². The smallest absolute Gasteiger partial charge is 0.227 e. The largest absolute Gasteiger partial charge is 0.460 e. The first-order valence-corrected chi connectivity index (χ1v) is 9.24. The van der Waals surface area contributed by atoms with Crippen molar-refractivity contribution in [3.05, 3.63) is 95.3 Å². The van der Waals surface area contributed by atoms with Crippen LogP contribution in [0.3, 0.4) is 0 Å². The lowest BCUT2D eigenvalue weighted by Crippen LogP contribution is -2.20. The summed E-state index contributed by atoms with van der Waals surface area (Å²) in [6.45, 7) is 0.501. The first-order chi connectivity index (χ1) is 14.3. The number of rotatable bonds is 4. The maximum Gasteiger partial charge on any atom is 0.227 e. The molecule has 0 saturated heterocycles. The average molecular weight is 388 g/mol. The topological polar surface area (TPSA) is 62.1 Å². The molecule has 0 N–H and O–H groups in total. The van der Waals surface area contributed by atoms with Gasteiger partial charge in [-0.3, -0.25) is 0 Å². The van der Waals surface area contributed by atoms with Gasteiger partial charge in [0, 0.05) is 22.3 Å². The zero-order valence-electron chi connectivity index (χ0n) is 15.4. The van der Waals surface area contributed by atoms with Crippen molar-refractivity contribution in [3.63, 3.8) is 0 Å². The molecule has 6 nitrogen and oxygen atoms in total. The molecule has 2 heterocycles. The number of benzene rings is 3. The van der Waals surface area contributed by atoms with E-state index in [9.17, 15) is 4.39 Å². The predicted octanol–water partition coefficient (Wildman–Crippen LogP) is 4.14. The van der Waals surface area contributed by atoms with E-state index in [1.54, 1.807) is 0 Å². The lowest BCUT2D eigenvalue weighted by molar-refractivity contribution is -0.112. The number of halogens is 1. The summed E-state index contributed by atoms with van der Waals surface area (Å²) in [7, 11) is 0. The van der Waals surface area contributed by atoms with Crippen LogP contribution in [0, 0.1) is 5.82 Å². The number of tetrazole rings is 1. The Bertz CT molecular complexity index is 1130. The number of ether oxygens (including phenoxy) is 2. The van der Waals surface area contributed by atoms with Crippen molar-refractivity contribution in [1.29, 1.82) is 0 Å². The molecule has 1 atom stereocenters. The van der Waals surface area contributed by atoms with Gasteiger partial charge in [0.1, 0.15) is 11.6 Å². The second-order valence-electron chi connectivity index (χ2n) is 6.73. The van der Waals surface area contributed by atoms with Gasteiger partial charge >= 0.3 is 0 Å². The summed E-state index contributed by atoms with van der Waals surface area (Å²) in [5.74, 6) is 0.764. The molecule has 5 rings (SSSR count). The molecule has 0 radical (unpaired) electrons. The van der Waals surface area contributed by atoms with Gasteiger partial charge in [-0.05, 0) is 17.3 Å². The maximum absolute atomic E-state index is 14.2. The van der Waals surface area contributed by atoms with E-state index in [4.69, 9.17) is 9.47 Å². The fraction of sp³-hybridized carbons (Fsp3) is 0.136. The predicted molar refractivity (Wildman–Crippen MR) is 103 cm³/mol. The number of nitrogens with zero attached hydrogens (tertiary/aromatic N) is 4. The summed E-state index contributed by atoms with van der Waals surface area (Å²) in [4.78, 5) is 1.44. The molecule has 0 bridgehead atoms. The van der Waals surface area contributed by atoms with Gasteiger partial charge in [0.05, 0.1) is 13.2 Å². The molecule has 4 aromatic rings. The fourth-order valence-electron chi connectivity index (χ4n) is 3.33. The van der Waals surface area contributed by atoms with E-state index in [0.29, 0.717) is 22.7 Å². The van der Waals surface area contributed by atoms with Crippen molar-refractivity contribution in [2.24, 2.45) is 0 Å². The second-order valence-corrected chi connectivity index (χ2v) is 6.73. The molecule has 7 heteroatoms. The van der Waals surface area contributed by atoms with Crippen molar-refractivity contribution in [2.75, 3.05) is 0 Å². The standard InChI is InChI=1S/C22H17FN4O2/c23-19-11-17(13-27-25-21(24-26-27)15-7-3-1-4-8-15)20-18(12-19)14-28-22(29-20)16-9-5-2-6-10-16/h1-12,22H,13-14H2. The van der Waals surface area contributed by atoms with Crippen LogP contribution in [0.5, 0.6) is 5.75 Å². The molecule has 1 aromatic heterocycles. The summed E-state index contributed by atoms with van der Waals surface area (Å²) in [5, 5.41) is 12.6. The van der Waals surface area contributed by atoms with Crippen LogP contribution in [0.2, 0.25) is 0 Å². The third-order valence-corrected chi connectivity index (χ3v) is 4.69. The fourth-order valence-corrected chi connectivity index (χ4v) is 3.33. The summed E-state index contributed by atoms with van der Waals surface area (Å²) in [5.41, 5.74) is 3.07. The van der Waals surface area contributed by atoms with Crippen molar-refractivity contribution < 1.29 is 13.9 Å². The molecule has 0 amide bonds. The highest BCUT2D eigenvalue weighted by molar-refractivity contribution is 5.53. The molecule has 29 heavy (non-hydrogen) atoms. The number of fused-ring (bicyclic) bond motifs is 1. The van der Waals surface area contributed by atoms with Crippen molar-refractivity contribution in [2.45, 2.75) is 19.4 Å². The Morgan fingerprint density at radius 2 is 1.76 bits per heavy atom. The lowest BCUT2D eigenvalue weighted by Gasteiger charge is -2.28. The molecular formula is C22H17FN4O2. The Labute approximate surface area is 166 Å². The van der Waals surface area contributed by atoms with Crippen molar-refractivity contribution in [1.82, 2.24) is 20.2 Å². The van der Waals surface area contributed by atoms with Crippen molar-refractivity contribution in [3.8, 4) is 17.1 Å². The third kappa shape index (κ3) is 3.60. The highest BCUT2D eigenvalue weighted by atomic mass is 19.1. The van der Waals surface area contributed by atoms with Crippen LogP contribution < -0.4 is 4.74 Å². The molecule has 0 fully saturated rings. The summed E-state index contributed by atoms with van der Waals surface area (Å²) in [6, 6.07) is 22.1. The van der Waals surface area contributed by atoms with Crippen LogP contribution in [0.25, 0.3) is 11.4 Å². The van der Waals surface area contributed by atoms with E-state index in [1.807, 2.05) is 60.7 Å². The lowest BCUT2D eigenvalue weighted by atomic mass is 10.1. The minimum Gasteiger partial charge on any atom is -0.460 e. The second kappa shape index (κ2) is 7.44. The Kier molecular flexibility index (Phi) is 4.50. The van der Waals surface area contributed by atoms with E-state index in [0.717, 1.165) is 11.1 Å². The Hall–Kier alpha value is -3.58. The van der Waals surface area contributed by atoms with E-state index in [2.05, 4.69) is 15.4 Å². The van der Waals surface area contributed by atoms with Crippen LogP contribution in [0.4, 0.5) is 4.39 Å². The monoisotopic (exact) mass is 388 g/mol. The van der Waals surface area contributed by atoms with Crippen molar-refractivity contribution >= 4 is 0 Å². The average Bonchev–Trinajstić information content (AvgIpc) is 3.23. The summed E-state index contributed by atoms with van der Waals surface area (Å²) in [6.07, 6.45) is -0.545. The van der Waals surface area contributed by atoms with Crippen LogP contribution in [-0.2, 0) is 17.9 Å². The highest BCUT2D eigenvalue weighted by Crippen LogP contribution is 2.36. The van der Waals surface area contributed by atoms with Gasteiger partial charge in [-0.1, -0.05) is 60.7 Å². The van der Waals surface area contributed by atoms with Gasteiger partial charge in [0.15, 0.2) is 0 Å². The van der Waals surface area contributed by atoms with Gasteiger partial charge in [-0.2, -0.15) is 4.80 Å². The Balaban J connectivity index is 1.44. The van der Waals surface area contributed by atoms with Gasteiger partial charge in [-0.15, -0.1) is 10.2 Å². The molecule has 144 valence electrons. The van der Waals surface area contributed by atoms with E-state index >= 15 is 0 Å². The minimum absolute atomic E-state index is 0.238. The number of hydrogen-bond donors (Lipinski definition) is 0. The number of hydrogen-bond acceptors (Lipinski definition) is 5. The molecule has 0 spiro atoms. The zero-order valence-corrected chi connectivity index (χ0v) is 15.4. The molecule has 3 aromatic carbocycles. The Morgan fingerprint density at radius 1 is 1.00 bits per heavy atom. The van der Waals surface area contributed by atoms with E-state index < -0.39 is 6.29 Å². The van der Waals surface area contributed by atoms with Crippen LogP contribution >= 0.6 is 0 Å². The van der Waals surface area contributed by atoms with Gasteiger partial charge in [0.25, 0.3) is 0 Å². The maximum atomic E-state index is 14.2. The van der Waals surface area contributed by atoms with Gasteiger partial charge in [-0.25, -0.2) is 4.39 Å². The Morgan fingerprint density at radius 3 is 2.55 bits per heavy atom. The molecular weight excluding hydrogens is 371 g/mol.